The van der Waals surface area contributed by atoms with Crippen LogP contribution < -0.4 is 0 Å². The molecule has 0 radical (unpaired) electrons. The fourth-order valence-corrected chi connectivity index (χ4v) is 13.5. The molecular formula is C68H46S. The highest BCUT2D eigenvalue weighted by atomic mass is 32.1. The van der Waals surface area contributed by atoms with Gasteiger partial charge >= 0.3 is 0 Å². The minimum atomic E-state index is 0.321. The number of hydrogen-bond donors (Lipinski definition) is 0. The lowest BCUT2D eigenvalue weighted by Crippen LogP contribution is -2.00. The first kappa shape index (κ1) is 39.2. The van der Waals surface area contributed by atoms with Crippen molar-refractivity contribution in [2.24, 2.45) is 0 Å². The van der Waals surface area contributed by atoms with E-state index in [9.17, 15) is 0 Å². The molecule has 0 fully saturated rings. The normalized spacial score (nSPS) is 17.4. The molecule has 0 saturated carbocycles. The third kappa shape index (κ3) is 6.13. The molecule has 11 aromatic carbocycles. The highest BCUT2D eigenvalue weighted by Gasteiger charge is 2.22. The number of thiophene rings is 1. The quantitative estimate of drug-likeness (QED) is 0.146. The summed E-state index contributed by atoms with van der Waals surface area (Å²) in [5, 5.41) is 18.9. The van der Waals surface area contributed by atoms with E-state index in [0.29, 0.717) is 11.8 Å². The summed E-state index contributed by atoms with van der Waals surface area (Å²) < 4.78 is 2.70. The Kier molecular flexibility index (Phi) is 8.71. The van der Waals surface area contributed by atoms with Crippen molar-refractivity contribution in [1.29, 1.82) is 0 Å². The second-order valence-electron chi connectivity index (χ2n) is 19.6. The summed E-state index contributed by atoms with van der Waals surface area (Å²) in [7, 11) is 0. The molecule has 3 aliphatic carbocycles. The van der Waals surface area contributed by atoms with E-state index in [1.165, 1.54) is 140 Å². The number of hydrogen-bond acceptors (Lipinski definition) is 1. The molecule has 2 atom stereocenters. The van der Waals surface area contributed by atoms with Gasteiger partial charge in [-0.1, -0.05) is 194 Å². The SMILES string of the molecule is C1=CC(c2ccc3ccc4c(C5=CCC(c6ccc7sc8ccc(C9=CCC(c%10ccc%11ccc%12c(-c%13ccccc%13)ccc%13ccc%10c%11c%13%12)C=C9)cc8c7c6)C=C5)ccc5ccc2c3c54)=CCC1. The summed E-state index contributed by atoms with van der Waals surface area (Å²) in [6.07, 6.45) is 25.8. The van der Waals surface area contributed by atoms with Crippen LogP contribution in [0.3, 0.4) is 0 Å². The lowest BCUT2D eigenvalue weighted by molar-refractivity contribution is 0.859. The van der Waals surface area contributed by atoms with E-state index in [-0.39, 0.29) is 0 Å². The molecule has 1 aromatic heterocycles. The van der Waals surface area contributed by atoms with Crippen LogP contribution in [0.5, 0.6) is 0 Å². The molecule has 12 aromatic rings. The average molecular weight is 895 g/mol. The smallest absolute Gasteiger partial charge is 0.0355 e. The minimum Gasteiger partial charge on any atom is -0.135 e. The molecule has 2 unspecified atom stereocenters. The first-order valence-electron chi connectivity index (χ1n) is 24.8. The fraction of sp³-hybridized carbons (Fsp3) is 0.0882. The minimum absolute atomic E-state index is 0.321. The van der Waals surface area contributed by atoms with Crippen LogP contribution in [0.1, 0.15) is 65.3 Å². The second kappa shape index (κ2) is 15.3. The molecule has 0 saturated heterocycles. The van der Waals surface area contributed by atoms with Crippen LogP contribution in [0.15, 0.2) is 218 Å². The van der Waals surface area contributed by atoms with Crippen molar-refractivity contribution in [1.82, 2.24) is 0 Å². The van der Waals surface area contributed by atoms with E-state index in [4.69, 9.17) is 0 Å². The number of fused-ring (bicyclic) bond motifs is 3. The van der Waals surface area contributed by atoms with Gasteiger partial charge in [-0.2, -0.15) is 0 Å². The number of allylic oxidation sites excluding steroid dienone is 12. The molecule has 0 amide bonds. The van der Waals surface area contributed by atoms with Gasteiger partial charge in [0, 0.05) is 32.0 Å². The van der Waals surface area contributed by atoms with Crippen molar-refractivity contribution in [2.75, 3.05) is 0 Å². The van der Waals surface area contributed by atoms with Gasteiger partial charge < -0.3 is 0 Å². The van der Waals surface area contributed by atoms with Gasteiger partial charge in [-0.05, 0) is 170 Å². The first-order chi connectivity index (χ1) is 34.2. The van der Waals surface area contributed by atoms with E-state index >= 15 is 0 Å². The molecular weight excluding hydrogens is 849 g/mol. The fourth-order valence-electron chi connectivity index (χ4n) is 12.5. The van der Waals surface area contributed by atoms with E-state index in [0.717, 1.165) is 25.7 Å². The zero-order chi connectivity index (χ0) is 45.2. The monoisotopic (exact) mass is 894 g/mol. The zero-order valence-corrected chi connectivity index (χ0v) is 39.0. The summed E-state index contributed by atoms with van der Waals surface area (Å²) in [6.45, 7) is 0. The Morgan fingerprint density at radius 2 is 0.913 bits per heavy atom. The summed E-state index contributed by atoms with van der Waals surface area (Å²) in [6, 6.07) is 62.5. The highest BCUT2D eigenvalue weighted by Crippen LogP contribution is 2.46. The standard InChI is InChI=1S/C68H46S/c1-3-7-43(8-4-1)53-29-19-47-25-35-59-55(31-21-49-23-33-57(53)65(47)67(49)59)45-15-11-41(12-16-45)51-27-37-63-61(39-51)62-40-52(28-38-64(62)69-63)42-13-17-46(18-14-42)56-32-22-50-24-34-58-54(44-9-5-2-6-10-44)30-20-48-26-36-60(56)68(50)66(48)58/h1,3-5,7-13,15,17-40,42,45H,2,6,14,16H2. The second-order valence-corrected chi connectivity index (χ2v) is 20.7. The largest absolute Gasteiger partial charge is 0.135 e. The molecule has 0 nitrogen and oxygen atoms in total. The third-order valence-corrected chi connectivity index (χ3v) is 17.1. The summed E-state index contributed by atoms with van der Waals surface area (Å²) in [5.41, 5.74) is 13.3. The van der Waals surface area contributed by atoms with Crippen LogP contribution in [0.25, 0.3) is 113 Å². The van der Waals surface area contributed by atoms with Crippen LogP contribution in [0, 0.1) is 0 Å². The molecule has 324 valence electrons. The topological polar surface area (TPSA) is 0 Å². The van der Waals surface area contributed by atoms with Crippen molar-refractivity contribution < 1.29 is 0 Å². The Balaban J connectivity index is 0.716. The average Bonchev–Trinajstić information content (AvgIpc) is 3.79. The van der Waals surface area contributed by atoms with Crippen molar-refractivity contribution in [2.45, 2.75) is 37.5 Å². The van der Waals surface area contributed by atoms with E-state index < -0.39 is 0 Å². The van der Waals surface area contributed by atoms with Crippen LogP contribution >= 0.6 is 11.3 Å². The molecule has 1 heterocycles. The van der Waals surface area contributed by atoms with Crippen LogP contribution in [0.2, 0.25) is 0 Å². The van der Waals surface area contributed by atoms with Gasteiger partial charge in [0.25, 0.3) is 0 Å². The maximum atomic E-state index is 2.48. The molecule has 15 rings (SSSR count). The summed E-state index contributed by atoms with van der Waals surface area (Å²) >= 11 is 1.91. The molecule has 69 heavy (non-hydrogen) atoms. The van der Waals surface area contributed by atoms with Gasteiger partial charge in [0.1, 0.15) is 0 Å². The maximum Gasteiger partial charge on any atom is 0.0355 e. The van der Waals surface area contributed by atoms with E-state index in [1.54, 1.807) is 0 Å². The summed E-state index contributed by atoms with van der Waals surface area (Å²) in [4.78, 5) is 0. The first-order valence-corrected chi connectivity index (χ1v) is 25.6. The van der Waals surface area contributed by atoms with Gasteiger partial charge in [-0.15, -0.1) is 11.3 Å². The van der Waals surface area contributed by atoms with Crippen LogP contribution in [-0.2, 0) is 0 Å². The van der Waals surface area contributed by atoms with Gasteiger partial charge in [0.15, 0.2) is 0 Å². The Labute approximate surface area is 405 Å². The summed E-state index contributed by atoms with van der Waals surface area (Å²) in [5.74, 6) is 0.657. The Morgan fingerprint density at radius 1 is 0.362 bits per heavy atom. The molecule has 0 bridgehead atoms. The Bertz CT molecular complexity index is 4290. The molecule has 0 N–H and O–H groups in total. The van der Waals surface area contributed by atoms with Gasteiger partial charge in [0.2, 0.25) is 0 Å². The predicted octanol–water partition coefficient (Wildman–Crippen LogP) is 19.5. The van der Waals surface area contributed by atoms with Gasteiger partial charge in [-0.25, -0.2) is 0 Å². The Morgan fingerprint density at radius 3 is 1.57 bits per heavy atom. The zero-order valence-electron chi connectivity index (χ0n) is 38.2. The number of benzene rings is 11. The number of rotatable bonds is 6. The van der Waals surface area contributed by atoms with E-state index in [2.05, 4.69) is 218 Å². The van der Waals surface area contributed by atoms with Gasteiger partial charge in [0.05, 0.1) is 0 Å². The van der Waals surface area contributed by atoms with Crippen molar-refractivity contribution >= 4 is 113 Å². The van der Waals surface area contributed by atoms with E-state index in [1.807, 2.05) is 11.3 Å². The van der Waals surface area contributed by atoms with Crippen molar-refractivity contribution in [3.8, 4) is 11.1 Å². The van der Waals surface area contributed by atoms with Crippen molar-refractivity contribution in [3.63, 3.8) is 0 Å². The lowest BCUT2D eigenvalue weighted by atomic mass is 9.82. The van der Waals surface area contributed by atoms with Crippen LogP contribution in [-0.4, -0.2) is 0 Å². The molecule has 0 spiro atoms. The predicted molar refractivity (Wildman–Crippen MR) is 300 cm³/mol. The van der Waals surface area contributed by atoms with Crippen LogP contribution in [0.4, 0.5) is 0 Å². The Hall–Kier alpha value is -7.84. The van der Waals surface area contributed by atoms with Gasteiger partial charge in [-0.3, -0.25) is 0 Å². The molecule has 1 heteroatoms. The maximum absolute atomic E-state index is 2.48. The molecule has 0 aliphatic heterocycles. The highest BCUT2D eigenvalue weighted by molar-refractivity contribution is 7.25. The molecule has 3 aliphatic rings. The lowest BCUT2D eigenvalue weighted by Gasteiger charge is -2.21. The third-order valence-electron chi connectivity index (χ3n) is 15.9. The van der Waals surface area contributed by atoms with Crippen molar-refractivity contribution in [3.05, 3.63) is 246 Å².